The monoisotopic (exact) mass is 576 g/mol. The fourth-order valence-electron chi connectivity index (χ4n) is 5.33. The Morgan fingerprint density at radius 1 is 0.821 bits per heavy atom. The van der Waals surface area contributed by atoms with E-state index in [-0.39, 0.29) is 10.8 Å². The molecule has 0 bridgehead atoms. The fourth-order valence-corrected chi connectivity index (χ4v) is 7.18. The number of hydrogen-bond donors (Lipinski definition) is 2. The van der Waals surface area contributed by atoms with Crippen LogP contribution in [0.2, 0.25) is 0 Å². The van der Waals surface area contributed by atoms with E-state index in [1.807, 2.05) is 0 Å². The van der Waals surface area contributed by atoms with Crippen LogP contribution in [0.5, 0.6) is 11.5 Å². The number of phenolic OH excluding ortho intramolecular Hbond substituents is 2. The molecule has 7 heteroatoms. The molecule has 6 nitrogen and oxygen atoms in total. The zero-order chi connectivity index (χ0) is 29.3. The van der Waals surface area contributed by atoms with Crippen molar-refractivity contribution in [3.8, 4) is 11.5 Å². The molecule has 0 aromatic heterocycles. The van der Waals surface area contributed by atoms with Gasteiger partial charge in [0.05, 0.1) is 0 Å². The van der Waals surface area contributed by atoms with Gasteiger partial charge in [0, 0.05) is 5.97 Å². The van der Waals surface area contributed by atoms with E-state index in [0.29, 0.717) is 39.0 Å². The first kappa shape index (κ1) is 30.9. The molecule has 39 heavy (non-hydrogen) atoms. The summed E-state index contributed by atoms with van der Waals surface area (Å²) in [5, 5.41) is 31.2. The number of nitrogens with zero attached hydrogens (tertiary/aromatic N) is 2. The van der Waals surface area contributed by atoms with Gasteiger partial charge in [-0.1, -0.05) is 0 Å². The summed E-state index contributed by atoms with van der Waals surface area (Å²) in [5.74, 6) is -0.288. The van der Waals surface area contributed by atoms with Crippen molar-refractivity contribution in [3.05, 3.63) is 57.6 Å². The molecule has 2 unspecified atom stereocenters. The number of carbonyl (C=O) groups is 1. The first-order valence-electron chi connectivity index (χ1n) is 13.8. The number of aliphatic carboxylic acids is 1. The van der Waals surface area contributed by atoms with E-state index in [4.69, 9.17) is 9.90 Å². The van der Waals surface area contributed by atoms with E-state index < -0.39 is 5.97 Å². The van der Waals surface area contributed by atoms with Crippen LogP contribution in [0.25, 0.3) is 0 Å². The van der Waals surface area contributed by atoms with Gasteiger partial charge >= 0.3 is 218 Å². The Morgan fingerprint density at radius 2 is 1.15 bits per heavy atom. The van der Waals surface area contributed by atoms with Crippen molar-refractivity contribution in [2.45, 2.75) is 111 Å². The van der Waals surface area contributed by atoms with E-state index >= 15 is 0 Å². The average Bonchev–Trinajstić information content (AvgIpc) is 3.13. The molecule has 2 aromatic carbocycles. The summed E-state index contributed by atoms with van der Waals surface area (Å²) in [7, 11) is 0. The summed E-state index contributed by atoms with van der Waals surface area (Å²) in [6, 6.07) is 9.26. The molecule has 1 saturated heterocycles. The van der Waals surface area contributed by atoms with Crippen molar-refractivity contribution < 1.29 is 42.7 Å². The molecule has 1 aliphatic heterocycles. The van der Waals surface area contributed by atoms with Gasteiger partial charge in [-0.2, -0.15) is 0 Å². The molecular weight excluding hydrogens is 531 g/mol. The summed E-state index contributed by atoms with van der Waals surface area (Å²) in [6.45, 7) is 18.1. The van der Waals surface area contributed by atoms with Crippen LogP contribution in [0.1, 0.15) is 108 Å². The van der Waals surface area contributed by atoms with E-state index in [1.54, 1.807) is 0 Å². The third-order valence-corrected chi connectivity index (χ3v) is 8.84. The van der Waals surface area contributed by atoms with Crippen LogP contribution < -0.4 is 5.11 Å². The third-order valence-electron chi connectivity index (χ3n) is 7.21. The molecule has 2 fully saturated rings. The Labute approximate surface area is 240 Å². The Morgan fingerprint density at radius 3 is 1.46 bits per heavy atom. The van der Waals surface area contributed by atoms with Crippen molar-refractivity contribution >= 4 is 18.4 Å². The first-order chi connectivity index (χ1) is 18.0. The summed E-state index contributed by atoms with van der Waals surface area (Å²) < 4.78 is 4.89. The Hall–Kier alpha value is -2.63. The maximum absolute atomic E-state index is 11.2. The van der Waals surface area contributed by atoms with Crippen molar-refractivity contribution in [3.63, 3.8) is 0 Å². The summed E-state index contributed by atoms with van der Waals surface area (Å²) in [6.07, 6.45) is 9.16. The number of carboxylic acids is 1. The van der Waals surface area contributed by atoms with Gasteiger partial charge in [-0.3, -0.25) is 0 Å². The number of fused-ring (bicyclic) bond motifs is 1. The minimum absolute atomic E-state index is 0.118. The molecular formula is C32H45MnN2O4+. The standard InChI is InChI=1S/C30H42N2O2.C2H4O2.Mn/c1-19-13-21(27(33)23(15-19)29(3,4)5)17-31-25-11-9-10-12-26(25)32-18-22-14-20(2)16-24(28(22)34)30(6,7)8;1-2(3)4;/h13-18,25-26,33-34H,9-12H2,1-8H3;1H3,(H,3,4);/q;;+2/p-1. The SMILES string of the molecule is CC(=O)[O-].Cc1cc(C=[N+]2[Mn][N+](=Cc3cc(C)cc(C(C)(C)C)c3O)C3CCCCC32)c(O)c(C(C)(C)C)c1. The second-order valence-electron chi connectivity index (χ2n) is 12.9. The molecule has 0 radical (unpaired) electrons. The second kappa shape index (κ2) is 11.9. The molecule has 1 saturated carbocycles. The average molecular weight is 577 g/mol. The molecule has 213 valence electrons. The van der Waals surface area contributed by atoms with Crippen LogP contribution >= 0.6 is 0 Å². The van der Waals surface area contributed by atoms with Crippen LogP contribution in [0.3, 0.4) is 0 Å². The third kappa shape index (κ3) is 7.52. The molecule has 2 aliphatic rings. The van der Waals surface area contributed by atoms with Gasteiger partial charge in [-0.05, 0) is 6.92 Å². The van der Waals surface area contributed by atoms with Gasteiger partial charge in [-0.25, -0.2) is 0 Å². The topological polar surface area (TPSA) is 86.6 Å². The molecule has 1 aliphatic carbocycles. The second-order valence-corrected chi connectivity index (χ2v) is 14.4. The Kier molecular flexibility index (Phi) is 9.39. The van der Waals surface area contributed by atoms with Gasteiger partial charge in [0.1, 0.15) is 0 Å². The summed E-state index contributed by atoms with van der Waals surface area (Å²) >= 11 is 0.404. The number of benzene rings is 2. The zero-order valence-electron chi connectivity index (χ0n) is 24.9. The number of hydrogen-bond acceptors (Lipinski definition) is 4. The molecule has 0 spiro atoms. The predicted octanol–water partition coefficient (Wildman–Crippen LogP) is 4.87. The number of aryl methyl sites for hydroxylation is 2. The number of aromatic hydroxyl groups is 2. The molecule has 0 amide bonds. The van der Waals surface area contributed by atoms with Gasteiger partial charge in [0.25, 0.3) is 0 Å². The van der Waals surface area contributed by atoms with Crippen molar-refractivity contribution in [1.82, 2.24) is 0 Å². The van der Waals surface area contributed by atoms with Gasteiger partial charge in [0.2, 0.25) is 0 Å². The Balaban J connectivity index is 0.000000983. The quantitative estimate of drug-likeness (QED) is 0.500. The van der Waals surface area contributed by atoms with Gasteiger partial charge in [0.15, 0.2) is 0 Å². The fraction of sp³-hybridized carbons (Fsp3) is 0.531. The van der Waals surface area contributed by atoms with E-state index in [1.165, 1.54) is 24.0 Å². The zero-order valence-corrected chi connectivity index (χ0v) is 26.1. The van der Waals surface area contributed by atoms with E-state index in [0.717, 1.165) is 42.0 Å². The molecule has 2 N–H and O–H groups in total. The molecule has 4 rings (SSSR count). The van der Waals surface area contributed by atoms with E-state index in [2.05, 4.69) is 99.3 Å². The van der Waals surface area contributed by atoms with E-state index in [9.17, 15) is 10.2 Å². The Bertz CT molecular complexity index is 1200. The van der Waals surface area contributed by atoms with Crippen LogP contribution in [-0.2, 0) is 31.0 Å². The van der Waals surface area contributed by atoms with Crippen LogP contribution in [0.15, 0.2) is 24.3 Å². The van der Waals surface area contributed by atoms with Crippen molar-refractivity contribution in [2.24, 2.45) is 0 Å². The van der Waals surface area contributed by atoms with Gasteiger partial charge < -0.3 is 9.90 Å². The predicted molar refractivity (Wildman–Crippen MR) is 151 cm³/mol. The summed E-state index contributed by atoms with van der Waals surface area (Å²) in [4.78, 5) is 8.89. The number of phenols is 2. The maximum atomic E-state index is 11.2. The van der Waals surface area contributed by atoms with Crippen LogP contribution in [0, 0.1) is 13.8 Å². The minimum atomic E-state index is -1.08. The van der Waals surface area contributed by atoms with Crippen LogP contribution in [-0.4, -0.2) is 47.9 Å². The van der Waals surface area contributed by atoms with Crippen molar-refractivity contribution in [2.75, 3.05) is 0 Å². The molecule has 2 atom stereocenters. The number of carbonyl (C=O) groups excluding carboxylic acids is 1. The normalized spacial score (nSPS) is 21.5. The summed E-state index contributed by atoms with van der Waals surface area (Å²) in [5.41, 5.74) is 5.91. The molecule has 2 aromatic rings. The van der Waals surface area contributed by atoms with Crippen LogP contribution in [0.4, 0.5) is 0 Å². The van der Waals surface area contributed by atoms with Crippen molar-refractivity contribution in [1.29, 1.82) is 0 Å². The molecule has 1 heterocycles. The number of rotatable bonds is 2. The first-order valence-corrected chi connectivity index (χ1v) is 14.8. The van der Waals surface area contributed by atoms with Gasteiger partial charge in [-0.15, -0.1) is 0 Å². The number of carboxylic acid groups (broad SMARTS) is 1.